The maximum Gasteiger partial charge on any atom is 0.293 e. The van der Waals surface area contributed by atoms with Crippen molar-refractivity contribution in [1.82, 2.24) is 4.90 Å². The number of hydrogen-bond donors (Lipinski definition) is 0. The van der Waals surface area contributed by atoms with E-state index < -0.39 is 0 Å². The lowest BCUT2D eigenvalue weighted by Crippen LogP contribution is -2.27. The third-order valence-corrected chi connectivity index (χ3v) is 6.92. The minimum atomic E-state index is -0.307. The summed E-state index contributed by atoms with van der Waals surface area (Å²) in [6, 6.07) is 18.3. The Bertz CT molecular complexity index is 1310. The fourth-order valence-corrected chi connectivity index (χ4v) is 4.84. The molecule has 0 aliphatic carbocycles. The molecule has 3 aromatic rings. The number of aryl methyl sites for hydroxylation is 1. The van der Waals surface area contributed by atoms with E-state index in [2.05, 4.69) is 0 Å². The van der Waals surface area contributed by atoms with Crippen LogP contribution in [0.5, 0.6) is 11.5 Å². The van der Waals surface area contributed by atoms with Crippen LogP contribution in [0.4, 0.5) is 4.79 Å². The van der Waals surface area contributed by atoms with Gasteiger partial charge in [0.05, 0.1) is 18.1 Å². The van der Waals surface area contributed by atoms with Gasteiger partial charge in [-0.25, -0.2) is 0 Å². The number of ether oxygens (including phenoxy) is 2. The van der Waals surface area contributed by atoms with Crippen LogP contribution in [-0.2, 0) is 17.9 Å². The Hall–Kier alpha value is -2.93. The second-order valence-corrected chi connectivity index (χ2v) is 9.69. The van der Waals surface area contributed by atoms with Crippen LogP contribution in [0.2, 0.25) is 10.0 Å². The van der Waals surface area contributed by atoms with E-state index in [-0.39, 0.29) is 24.3 Å². The molecule has 4 rings (SSSR count). The lowest BCUT2D eigenvalue weighted by Gasteiger charge is -2.14. The average Bonchev–Trinajstić information content (AvgIpc) is 3.08. The zero-order valence-electron chi connectivity index (χ0n) is 19.2. The van der Waals surface area contributed by atoms with Gasteiger partial charge in [0.15, 0.2) is 11.5 Å². The summed E-state index contributed by atoms with van der Waals surface area (Å²) in [5.41, 5.74) is 3.50. The molecule has 0 spiro atoms. The number of amides is 2. The second kappa shape index (κ2) is 11.2. The molecule has 1 aliphatic heterocycles. The minimum Gasteiger partial charge on any atom is -0.490 e. The molecule has 0 unspecified atom stereocenters. The Labute approximate surface area is 218 Å². The van der Waals surface area contributed by atoms with Gasteiger partial charge < -0.3 is 9.47 Å². The fourth-order valence-electron chi connectivity index (χ4n) is 3.54. The molecule has 180 valence electrons. The molecule has 0 N–H and O–H groups in total. The van der Waals surface area contributed by atoms with Crippen LogP contribution in [0.25, 0.3) is 6.08 Å². The molecular weight excluding hydrogens is 505 g/mol. The van der Waals surface area contributed by atoms with Crippen molar-refractivity contribution in [3.63, 3.8) is 0 Å². The van der Waals surface area contributed by atoms with Crippen molar-refractivity contribution in [2.24, 2.45) is 0 Å². The molecule has 1 aliphatic rings. The molecule has 1 heterocycles. The van der Waals surface area contributed by atoms with Crippen LogP contribution < -0.4 is 9.47 Å². The number of nitrogens with zero attached hydrogens (tertiary/aromatic N) is 1. The predicted octanol–water partition coefficient (Wildman–Crippen LogP) is 7.52. The molecule has 1 fully saturated rings. The summed E-state index contributed by atoms with van der Waals surface area (Å²) in [5, 5.41) is 0.796. The van der Waals surface area contributed by atoms with Gasteiger partial charge in [0, 0.05) is 15.6 Å². The van der Waals surface area contributed by atoms with E-state index in [1.807, 2.05) is 50.2 Å². The molecule has 0 saturated carbocycles. The largest absolute Gasteiger partial charge is 0.490 e. The first-order valence-corrected chi connectivity index (χ1v) is 12.6. The third-order valence-electron chi connectivity index (χ3n) is 5.43. The summed E-state index contributed by atoms with van der Waals surface area (Å²) in [5.74, 6) is 0.770. The Morgan fingerprint density at radius 1 is 0.943 bits per heavy atom. The van der Waals surface area contributed by atoms with E-state index in [4.69, 9.17) is 32.7 Å². The summed E-state index contributed by atoms with van der Waals surface area (Å²) in [7, 11) is 0. The molecule has 0 aromatic heterocycles. The van der Waals surface area contributed by atoms with Gasteiger partial charge in [0.2, 0.25) is 0 Å². The lowest BCUT2D eigenvalue weighted by atomic mass is 10.1. The molecule has 0 bridgehead atoms. The van der Waals surface area contributed by atoms with Crippen LogP contribution in [0.1, 0.15) is 29.2 Å². The highest BCUT2D eigenvalue weighted by molar-refractivity contribution is 8.18. The quantitative estimate of drug-likeness (QED) is 0.283. The summed E-state index contributed by atoms with van der Waals surface area (Å²) in [4.78, 5) is 27.2. The lowest BCUT2D eigenvalue weighted by molar-refractivity contribution is -0.123. The van der Waals surface area contributed by atoms with E-state index in [0.717, 1.165) is 34.0 Å². The summed E-state index contributed by atoms with van der Waals surface area (Å²) in [6.45, 7) is 4.77. The van der Waals surface area contributed by atoms with E-state index in [1.165, 1.54) is 4.90 Å². The van der Waals surface area contributed by atoms with Crippen molar-refractivity contribution >= 4 is 52.2 Å². The molecule has 0 radical (unpaired) electrons. The van der Waals surface area contributed by atoms with Crippen LogP contribution in [-0.4, -0.2) is 22.7 Å². The Morgan fingerprint density at radius 3 is 2.49 bits per heavy atom. The van der Waals surface area contributed by atoms with Crippen LogP contribution >= 0.6 is 35.0 Å². The van der Waals surface area contributed by atoms with Crippen LogP contribution in [0.15, 0.2) is 65.6 Å². The topological polar surface area (TPSA) is 55.8 Å². The normalized spacial score (nSPS) is 14.6. The predicted molar refractivity (Wildman–Crippen MR) is 141 cm³/mol. The molecule has 8 heteroatoms. The van der Waals surface area contributed by atoms with Gasteiger partial charge in [-0.3, -0.25) is 14.5 Å². The highest BCUT2D eigenvalue weighted by Crippen LogP contribution is 2.36. The van der Waals surface area contributed by atoms with Gasteiger partial charge in [-0.2, -0.15) is 0 Å². The zero-order chi connectivity index (χ0) is 24.9. The van der Waals surface area contributed by atoms with E-state index >= 15 is 0 Å². The fraction of sp³-hybridized carbons (Fsp3) is 0.185. The van der Waals surface area contributed by atoms with E-state index in [9.17, 15) is 9.59 Å². The first kappa shape index (κ1) is 25.2. The van der Waals surface area contributed by atoms with E-state index in [0.29, 0.717) is 33.1 Å². The van der Waals surface area contributed by atoms with Crippen molar-refractivity contribution in [3.8, 4) is 11.5 Å². The molecule has 5 nitrogen and oxygen atoms in total. The number of thioether (sulfide) groups is 1. The monoisotopic (exact) mass is 527 g/mol. The molecule has 3 aromatic carbocycles. The first-order chi connectivity index (χ1) is 16.9. The van der Waals surface area contributed by atoms with Crippen molar-refractivity contribution < 1.29 is 19.1 Å². The first-order valence-electron chi connectivity index (χ1n) is 11.0. The van der Waals surface area contributed by atoms with Gasteiger partial charge in [-0.05, 0) is 72.6 Å². The third kappa shape index (κ3) is 6.01. The number of benzene rings is 3. The Balaban J connectivity index is 1.52. The number of carbonyl (C=O) groups excluding carboxylic acids is 2. The standard InChI is InChI=1S/C27H23Cl2NO4S/c1-3-33-24-12-18(8-11-23(24)34-16-20-9-10-21(28)14-22(20)29)13-25-26(31)30(27(32)35-25)15-19-7-5-4-6-17(19)2/h4-14H,3,15-16H2,1-2H3/b25-13-. The summed E-state index contributed by atoms with van der Waals surface area (Å²) in [6.07, 6.45) is 1.70. The van der Waals surface area contributed by atoms with Crippen LogP contribution in [0.3, 0.4) is 0 Å². The highest BCUT2D eigenvalue weighted by Gasteiger charge is 2.35. The Kier molecular flexibility index (Phi) is 8.06. The minimum absolute atomic E-state index is 0.243. The smallest absolute Gasteiger partial charge is 0.293 e. The van der Waals surface area contributed by atoms with Gasteiger partial charge in [0.25, 0.3) is 11.1 Å². The second-order valence-electron chi connectivity index (χ2n) is 7.86. The maximum absolute atomic E-state index is 13.0. The summed E-state index contributed by atoms with van der Waals surface area (Å²) < 4.78 is 11.7. The molecule has 1 saturated heterocycles. The van der Waals surface area contributed by atoms with Crippen molar-refractivity contribution in [3.05, 3.63) is 97.9 Å². The molecule has 2 amide bonds. The average molecular weight is 528 g/mol. The molecule has 35 heavy (non-hydrogen) atoms. The van der Waals surface area contributed by atoms with Crippen molar-refractivity contribution in [1.29, 1.82) is 0 Å². The number of carbonyl (C=O) groups is 2. The SMILES string of the molecule is CCOc1cc(/C=C2\SC(=O)N(Cc3ccccc3C)C2=O)ccc1OCc1ccc(Cl)cc1Cl. The molecule has 0 atom stereocenters. The number of halogens is 2. The summed E-state index contributed by atoms with van der Waals surface area (Å²) >= 11 is 13.1. The number of imide groups is 1. The zero-order valence-corrected chi connectivity index (χ0v) is 21.5. The number of hydrogen-bond acceptors (Lipinski definition) is 5. The van der Waals surface area contributed by atoms with Crippen molar-refractivity contribution in [2.75, 3.05) is 6.61 Å². The van der Waals surface area contributed by atoms with E-state index in [1.54, 1.807) is 30.3 Å². The van der Waals surface area contributed by atoms with Gasteiger partial charge >= 0.3 is 0 Å². The van der Waals surface area contributed by atoms with Gasteiger partial charge in [-0.1, -0.05) is 59.6 Å². The highest BCUT2D eigenvalue weighted by atomic mass is 35.5. The Morgan fingerprint density at radius 2 is 1.74 bits per heavy atom. The van der Waals surface area contributed by atoms with Gasteiger partial charge in [0.1, 0.15) is 6.61 Å². The van der Waals surface area contributed by atoms with Gasteiger partial charge in [-0.15, -0.1) is 0 Å². The maximum atomic E-state index is 13.0. The number of rotatable bonds is 8. The molecular formula is C27H23Cl2NO4S. The van der Waals surface area contributed by atoms with Crippen molar-refractivity contribution in [2.45, 2.75) is 27.0 Å². The van der Waals surface area contributed by atoms with Crippen LogP contribution in [0, 0.1) is 6.92 Å².